The summed E-state index contributed by atoms with van der Waals surface area (Å²) in [5, 5.41) is 6.06. The van der Waals surface area contributed by atoms with Gasteiger partial charge in [0.25, 0.3) is 5.91 Å². The third-order valence-electron chi connectivity index (χ3n) is 5.91. The fourth-order valence-electron chi connectivity index (χ4n) is 4.28. The lowest BCUT2D eigenvalue weighted by Gasteiger charge is -2.35. The Bertz CT molecular complexity index is 805. The summed E-state index contributed by atoms with van der Waals surface area (Å²) in [6, 6.07) is 10.9. The monoisotopic (exact) mass is 383 g/mol. The van der Waals surface area contributed by atoms with Gasteiger partial charge in [0.1, 0.15) is 5.69 Å². The number of aromatic nitrogens is 1. The first-order chi connectivity index (χ1) is 13.2. The van der Waals surface area contributed by atoms with Crippen LogP contribution in [0.5, 0.6) is 0 Å². The molecule has 6 heteroatoms. The summed E-state index contributed by atoms with van der Waals surface area (Å²) in [6.45, 7) is 2.77. The zero-order valence-corrected chi connectivity index (χ0v) is 16.2. The minimum Gasteiger partial charge on any atom is -0.375 e. The zero-order valence-electron chi connectivity index (χ0n) is 15.3. The molecule has 1 aromatic carbocycles. The lowest BCUT2D eigenvalue weighted by atomic mass is 10.1. The maximum Gasteiger partial charge on any atom is 0.271 e. The Morgan fingerprint density at radius 2 is 2.11 bits per heavy atom. The summed E-state index contributed by atoms with van der Waals surface area (Å²) in [4.78, 5) is 19.7. The van der Waals surface area contributed by atoms with E-state index in [0.717, 1.165) is 43.5 Å². The van der Waals surface area contributed by atoms with Crippen molar-refractivity contribution in [2.24, 2.45) is 5.92 Å². The quantitative estimate of drug-likeness (QED) is 0.863. The van der Waals surface area contributed by atoms with Crippen molar-refractivity contribution in [1.29, 1.82) is 0 Å². The number of carbonyl (C=O) groups excluding carboxylic acids is 1. The summed E-state index contributed by atoms with van der Waals surface area (Å²) in [7, 11) is 0. The van der Waals surface area contributed by atoms with Crippen LogP contribution in [-0.2, 0) is 11.2 Å². The normalized spacial score (nSPS) is 28.1. The molecule has 2 aliphatic heterocycles. The molecule has 3 atom stereocenters. The molecule has 27 heavy (non-hydrogen) atoms. The van der Waals surface area contributed by atoms with E-state index in [9.17, 15) is 4.79 Å². The summed E-state index contributed by atoms with van der Waals surface area (Å²) in [5.41, 5.74) is 1.76. The van der Waals surface area contributed by atoms with Crippen molar-refractivity contribution in [3.63, 3.8) is 0 Å². The molecular weight excluding hydrogens is 358 g/mol. The summed E-state index contributed by atoms with van der Waals surface area (Å²) in [6.07, 6.45) is 4.80. The van der Waals surface area contributed by atoms with Gasteiger partial charge in [-0.2, -0.15) is 0 Å². The molecule has 2 saturated heterocycles. The second-order valence-corrected chi connectivity index (χ2v) is 8.95. The SMILES string of the molecule is O=C(N[C@@H]1C[C@H]2CO[C@@H](C3CC3)CN2C1)c1csc(Cc2ccccc2)n1. The van der Waals surface area contributed by atoms with Crippen molar-refractivity contribution < 1.29 is 9.53 Å². The fourth-order valence-corrected chi connectivity index (χ4v) is 5.09. The molecule has 0 radical (unpaired) electrons. The van der Waals surface area contributed by atoms with Gasteiger partial charge < -0.3 is 10.1 Å². The van der Waals surface area contributed by atoms with Crippen molar-refractivity contribution in [3.8, 4) is 0 Å². The summed E-state index contributed by atoms with van der Waals surface area (Å²) >= 11 is 1.56. The number of carbonyl (C=O) groups is 1. The number of hydrogen-bond donors (Lipinski definition) is 1. The third kappa shape index (κ3) is 3.93. The Balaban J connectivity index is 1.16. The number of amides is 1. The van der Waals surface area contributed by atoms with E-state index in [4.69, 9.17) is 4.74 Å². The van der Waals surface area contributed by atoms with Crippen LogP contribution in [0.1, 0.15) is 40.3 Å². The van der Waals surface area contributed by atoms with E-state index in [-0.39, 0.29) is 11.9 Å². The number of ether oxygens (including phenoxy) is 1. The number of hydrogen-bond acceptors (Lipinski definition) is 5. The second kappa shape index (κ2) is 7.34. The van der Waals surface area contributed by atoms with Crippen molar-refractivity contribution in [2.45, 2.75) is 43.9 Å². The molecule has 1 saturated carbocycles. The first-order valence-electron chi connectivity index (χ1n) is 9.89. The van der Waals surface area contributed by atoms with Gasteiger partial charge >= 0.3 is 0 Å². The van der Waals surface area contributed by atoms with E-state index >= 15 is 0 Å². The standard InChI is InChI=1S/C21H25N3O2S/c25-21(18-13-27-20(23-18)8-14-4-2-1-3-5-14)22-16-9-17-12-26-19(15-6-7-15)11-24(17)10-16/h1-5,13,15-17,19H,6-12H2,(H,22,25)/t16-,17+,19-/m1/s1. The number of nitrogens with one attached hydrogen (secondary N) is 1. The molecule has 3 aliphatic rings. The smallest absolute Gasteiger partial charge is 0.271 e. The number of nitrogens with zero attached hydrogens (tertiary/aromatic N) is 2. The average Bonchev–Trinajstić information content (AvgIpc) is 3.29. The van der Waals surface area contributed by atoms with E-state index < -0.39 is 0 Å². The molecule has 3 heterocycles. The van der Waals surface area contributed by atoms with Gasteiger partial charge in [0, 0.05) is 37.0 Å². The summed E-state index contributed by atoms with van der Waals surface area (Å²) in [5.74, 6) is 0.729. The van der Waals surface area contributed by atoms with Crippen LogP contribution in [0.3, 0.4) is 0 Å². The molecule has 2 aromatic rings. The highest BCUT2D eigenvalue weighted by molar-refractivity contribution is 7.09. The number of thiazole rings is 1. The van der Waals surface area contributed by atoms with Gasteiger partial charge in [-0.3, -0.25) is 9.69 Å². The second-order valence-electron chi connectivity index (χ2n) is 8.01. The molecule has 1 amide bonds. The van der Waals surface area contributed by atoms with Crippen LogP contribution in [0.4, 0.5) is 0 Å². The predicted molar refractivity (Wildman–Crippen MR) is 105 cm³/mol. The molecule has 0 spiro atoms. The van der Waals surface area contributed by atoms with Crippen LogP contribution >= 0.6 is 11.3 Å². The van der Waals surface area contributed by atoms with Gasteiger partial charge in [0.05, 0.1) is 17.7 Å². The van der Waals surface area contributed by atoms with Crippen molar-refractivity contribution in [1.82, 2.24) is 15.2 Å². The van der Waals surface area contributed by atoms with Crippen LogP contribution in [0.25, 0.3) is 0 Å². The van der Waals surface area contributed by atoms with E-state index in [0.29, 0.717) is 17.8 Å². The maximum absolute atomic E-state index is 12.6. The molecule has 0 bridgehead atoms. The molecule has 5 nitrogen and oxygen atoms in total. The molecule has 1 N–H and O–H groups in total. The van der Waals surface area contributed by atoms with E-state index in [2.05, 4.69) is 27.3 Å². The number of morpholine rings is 1. The molecule has 0 unspecified atom stereocenters. The van der Waals surface area contributed by atoms with E-state index in [1.165, 1.54) is 18.4 Å². The molecular formula is C21H25N3O2S. The average molecular weight is 384 g/mol. The van der Waals surface area contributed by atoms with Gasteiger partial charge in [-0.25, -0.2) is 4.98 Å². The number of fused-ring (bicyclic) bond motifs is 1. The molecule has 142 valence electrons. The van der Waals surface area contributed by atoms with Crippen LogP contribution < -0.4 is 5.32 Å². The number of rotatable bonds is 5. The maximum atomic E-state index is 12.6. The van der Waals surface area contributed by atoms with E-state index in [1.807, 2.05) is 23.6 Å². The van der Waals surface area contributed by atoms with E-state index in [1.54, 1.807) is 11.3 Å². The predicted octanol–water partition coefficient (Wildman–Crippen LogP) is 2.72. The first kappa shape index (κ1) is 17.3. The number of benzene rings is 1. The van der Waals surface area contributed by atoms with Gasteiger partial charge in [0.2, 0.25) is 0 Å². The highest BCUT2D eigenvalue weighted by Gasteiger charge is 2.42. The zero-order chi connectivity index (χ0) is 18.2. The minimum absolute atomic E-state index is 0.0462. The Labute approximate surface area is 163 Å². The molecule has 3 fully saturated rings. The Hall–Kier alpha value is -1.76. The highest BCUT2D eigenvalue weighted by Crippen LogP contribution is 2.37. The Morgan fingerprint density at radius 3 is 2.93 bits per heavy atom. The van der Waals surface area contributed by atoms with Gasteiger partial charge in [-0.1, -0.05) is 30.3 Å². The molecule has 5 rings (SSSR count). The molecule has 1 aromatic heterocycles. The van der Waals surface area contributed by atoms with Crippen LogP contribution in [-0.4, -0.2) is 53.7 Å². The van der Waals surface area contributed by atoms with Crippen LogP contribution in [0, 0.1) is 5.92 Å². The largest absolute Gasteiger partial charge is 0.375 e. The van der Waals surface area contributed by atoms with Crippen molar-refractivity contribution in [3.05, 3.63) is 52.0 Å². The van der Waals surface area contributed by atoms with Crippen LogP contribution in [0.15, 0.2) is 35.7 Å². The first-order valence-corrected chi connectivity index (χ1v) is 10.8. The van der Waals surface area contributed by atoms with Crippen molar-refractivity contribution in [2.75, 3.05) is 19.7 Å². The van der Waals surface area contributed by atoms with Gasteiger partial charge in [-0.05, 0) is 30.7 Å². The van der Waals surface area contributed by atoms with Gasteiger partial charge in [0.15, 0.2) is 0 Å². The fraction of sp³-hybridized carbons (Fsp3) is 0.524. The molecule has 1 aliphatic carbocycles. The van der Waals surface area contributed by atoms with Crippen molar-refractivity contribution >= 4 is 17.2 Å². The lowest BCUT2D eigenvalue weighted by molar-refractivity contribution is -0.0581. The third-order valence-corrected chi connectivity index (χ3v) is 6.76. The lowest BCUT2D eigenvalue weighted by Crippen LogP contribution is -2.47. The highest BCUT2D eigenvalue weighted by atomic mass is 32.1. The minimum atomic E-state index is -0.0462. The van der Waals surface area contributed by atoms with Crippen LogP contribution in [0.2, 0.25) is 0 Å². The topological polar surface area (TPSA) is 54.5 Å². The Kier molecular flexibility index (Phi) is 4.71. The summed E-state index contributed by atoms with van der Waals surface area (Å²) < 4.78 is 6.05. The van der Waals surface area contributed by atoms with Gasteiger partial charge in [-0.15, -0.1) is 11.3 Å². The Morgan fingerprint density at radius 1 is 1.26 bits per heavy atom.